The highest BCUT2D eigenvalue weighted by molar-refractivity contribution is 5.69. The molecule has 0 aromatic rings. The molecular weight excluding hydrogens is 182 g/mol. The average molecular weight is 203 g/mol. The lowest BCUT2D eigenvalue weighted by atomic mass is 10.0. The van der Waals surface area contributed by atoms with E-state index in [1.165, 1.54) is 0 Å². The SMILES string of the molecule is CC(C)OCCC(CCCN)C(=O)O. The second kappa shape index (κ2) is 7.76. The molecule has 0 amide bonds. The Morgan fingerprint density at radius 2 is 2.07 bits per heavy atom. The predicted octanol–water partition coefficient (Wildman–Crippen LogP) is 1.24. The maximum Gasteiger partial charge on any atom is 0.306 e. The van der Waals surface area contributed by atoms with Crippen molar-refractivity contribution in [1.82, 2.24) is 0 Å². The van der Waals surface area contributed by atoms with E-state index >= 15 is 0 Å². The standard InChI is InChI=1S/C10H21NO3/c1-8(2)14-7-5-9(10(12)13)4-3-6-11/h8-9H,3-7,11H2,1-2H3,(H,12,13). The zero-order valence-electron chi connectivity index (χ0n) is 9.03. The molecule has 0 aliphatic heterocycles. The topological polar surface area (TPSA) is 72.5 Å². The van der Waals surface area contributed by atoms with Crippen molar-refractivity contribution in [3.05, 3.63) is 0 Å². The molecule has 0 aromatic heterocycles. The quantitative estimate of drug-likeness (QED) is 0.622. The van der Waals surface area contributed by atoms with Crippen LogP contribution in [0.5, 0.6) is 0 Å². The molecule has 4 nitrogen and oxygen atoms in total. The van der Waals surface area contributed by atoms with Crippen molar-refractivity contribution < 1.29 is 14.6 Å². The van der Waals surface area contributed by atoms with Crippen molar-refractivity contribution in [3.63, 3.8) is 0 Å². The van der Waals surface area contributed by atoms with E-state index in [9.17, 15) is 4.79 Å². The molecule has 0 fully saturated rings. The summed E-state index contributed by atoms with van der Waals surface area (Å²) in [6.07, 6.45) is 2.15. The molecule has 0 radical (unpaired) electrons. The fraction of sp³-hybridized carbons (Fsp3) is 0.900. The summed E-state index contributed by atoms with van der Waals surface area (Å²) in [6.45, 7) is 4.94. The van der Waals surface area contributed by atoms with E-state index in [1.54, 1.807) is 0 Å². The Hall–Kier alpha value is -0.610. The van der Waals surface area contributed by atoms with Crippen molar-refractivity contribution in [2.75, 3.05) is 13.2 Å². The van der Waals surface area contributed by atoms with Gasteiger partial charge in [0, 0.05) is 6.61 Å². The Kier molecular flexibility index (Phi) is 7.42. The molecule has 1 atom stereocenters. The lowest BCUT2D eigenvalue weighted by molar-refractivity contribution is -0.142. The molecule has 0 aliphatic carbocycles. The summed E-state index contributed by atoms with van der Waals surface area (Å²) in [4.78, 5) is 10.8. The second-order valence-corrected chi connectivity index (χ2v) is 3.67. The molecule has 4 heteroatoms. The third-order valence-electron chi connectivity index (χ3n) is 2.02. The molecule has 84 valence electrons. The van der Waals surface area contributed by atoms with Gasteiger partial charge in [-0.3, -0.25) is 4.79 Å². The van der Waals surface area contributed by atoms with Gasteiger partial charge < -0.3 is 15.6 Å². The van der Waals surface area contributed by atoms with Gasteiger partial charge in [-0.1, -0.05) is 0 Å². The van der Waals surface area contributed by atoms with Crippen LogP contribution < -0.4 is 5.73 Å². The van der Waals surface area contributed by atoms with Crippen LogP contribution >= 0.6 is 0 Å². The van der Waals surface area contributed by atoms with Crippen LogP contribution in [0.3, 0.4) is 0 Å². The summed E-state index contributed by atoms with van der Waals surface area (Å²) in [7, 11) is 0. The van der Waals surface area contributed by atoms with E-state index in [0.29, 0.717) is 26.0 Å². The normalized spacial score (nSPS) is 13.1. The number of rotatable bonds is 8. The molecule has 0 aliphatic rings. The van der Waals surface area contributed by atoms with Crippen LogP contribution in [-0.2, 0) is 9.53 Å². The number of carboxylic acids is 1. The molecule has 0 spiro atoms. The number of aliphatic carboxylic acids is 1. The predicted molar refractivity (Wildman–Crippen MR) is 55.1 cm³/mol. The first kappa shape index (κ1) is 13.4. The largest absolute Gasteiger partial charge is 0.481 e. The number of ether oxygens (including phenoxy) is 1. The van der Waals surface area contributed by atoms with E-state index in [-0.39, 0.29) is 12.0 Å². The summed E-state index contributed by atoms with van der Waals surface area (Å²) in [5, 5.41) is 8.87. The zero-order chi connectivity index (χ0) is 11.0. The molecule has 14 heavy (non-hydrogen) atoms. The van der Waals surface area contributed by atoms with Gasteiger partial charge in [-0.05, 0) is 39.7 Å². The molecular formula is C10H21NO3. The van der Waals surface area contributed by atoms with Gasteiger partial charge >= 0.3 is 5.97 Å². The molecule has 0 bridgehead atoms. The number of carboxylic acid groups (broad SMARTS) is 1. The van der Waals surface area contributed by atoms with Crippen LogP contribution in [0.1, 0.15) is 33.1 Å². The van der Waals surface area contributed by atoms with Gasteiger partial charge in [0.25, 0.3) is 0 Å². The summed E-state index contributed by atoms with van der Waals surface area (Å²) >= 11 is 0. The molecule has 1 unspecified atom stereocenters. The van der Waals surface area contributed by atoms with Crippen LogP contribution in [-0.4, -0.2) is 30.3 Å². The fourth-order valence-corrected chi connectivity index (χ4v) is 1.20. The number of hydrogen-bond donors (Lipinski definition) is 2. The Morgan fingerprint density at radius 1 is 1.43 bits per heavy atom. The average Bonchev–Trinajstić information content (AvgIpc) is 2.09. The van der Waals surface area contributed by atoms with Gasteiger partial charge in [0.05, 0.1) is 12.0 Å². The third kappa shape index (κ3) is 6.86. The second-order valence-electron chi connectivity index (χ2n) is 3.67. The summed E-state index contributed by atoms with van der Waals surface area (Å²) in [5.74, 6) is -1.05. The van der Waals surface area contributed by atoms with Crippen LogP contribution in [0.2, 0.25) is 0 Å². The van der Waals surface area contributed by atoms with Gasteiger partial charge in [0.2, 0.25) is 0 Å². The molecule has 0 saturated heterocycles. The van der Waals surface area contributed by atoms with Crippen molar-refractivity contribution in [1.29, 1.82) is 0 Å². The van der Waals surface area contributed by atoms with Crippen molar-refractivity contribution >= 4 is 5.97 Å². The van der Waals surface area contributed by atoms with E-state index in [4.69, 9.17) is 15.6 Å². The molecule has 0 aromatic carbocycles. The Morgan fingerprint density at radius 3 is 2.50 bits per heavy atom. The fourth-order valence-electron chi connectivity index (χ4n) is 1.20. The highest BCUT2D eigenvalue weighted by Gasteiger charge is 2.16. The molecule has 0 rings (SSSR count). The molecule has 3 N–H and O–H groups in total. The minimum atomic E-state index is -0.745. The van der Waals surface area contributed by atoms with Gasteiger partial charge in [0.1, 0.15) is 0 Å². The van der Waals surface area contributed by atoms with Gasteiger partial charge in [-0.2, -0.15) is 0 Å². The van der Waals surface area contributed by atoms with E-state index in [2.05, 4.69) is 0 Å². The Balaban J connectivity index is 3.68. The van der Waals surface area contributed by atoms with Crippen molar-refractivity contribution in [2.24, 2.45) is 11.7 Å². The first-order chi connectivity index (χ1) is 6.57. The smallest absolute Gasteiger partial charge is 0.306 e. The van der Waals surface area contributed by atoms with Gasteiger partial charge in [-0.25, -0.2) is 0 Å². The molecule has 0 heterocycles. The maximum absolute atomic E-state index is 10.8. The van der Waals surface area contributed by atoms with E-state index in [1.807, 2.05) is 13.8 Å². The van der Waals surface area contributed by atoms with Crippen LogP contribution in [0.25, 0.3) is 0 Å². The third-order valence-corrected chi connectivity index (χ3v) is 2.02. The maximum atomic E-state index is 10.8. The summed E-state index contributed by atoms with van der Waals surface area (Å²) in [6, 6.07) is 0. The number of nitrogens with two attached hydrogens (primary N) is 1. The summed E-state index contributed by atoms with van der Waals surface area (Å²) < 4.78 is 5.31. The monoisotopic (exact) mass is 203 g/mol. The minimum absolute atomic E-state index is 0.166. The van der Waals surface area contributed by atoms with E-state index in [0.717, 1.165) is 6.42 Å². The molecule has 0 saturated carbocycles. The van der Waals surface area contributed by atoms with Crippen LogP contribution in [0.15, 0.2) is 0 Å². The number of hydrogen-bond acceptors (Lipinski definition) is 3. The lowest BCUT2D eigenvalue weighted by Crippen LogP contribution is -2.18. The highest BCUT2D eigenvalue weighted by Crippen LogP contribution is 2.11. The number of carbonyl (C=O) groups is 1. The van der Waals surface area contributed by atoms with Gasteiger partial charge in [0.15, 0.2) is 0 Å². The van der Waals surface area contributed by atoms with Crippen LogP contribution in [0, 0.1) is 5.92 Å². The van der Waals surface area contributed by atoms with Crippen molar-refractivity contribution in [2.45, 2.75) is 39.2 Å². The Bertz CT molecular complexity index is 159. The Labute approximate surface area is 85.4 Å². The first-order valence-electron chi connectivity index (χ1n) is 5.12. The zero-order valence-corrected chi connectivity index (χ0v) is 9.03. The minimum Gasteiger partial charge on any atom is -0.481 e. The first-order valence-corrected chi connectivity index (χ1v) is 5.12. The van der Waals surface area contributed by atoms with E-state index < -0.39 is 5.97 Å². The lowest BCUT2D eigenvalue weighted by Gasteiger charge is -2.13. The van der Waals surface area contributed by atoms with Crippen LogP contribution in [0.4, 0.5) is 0 Å². The highest BCUT2D eigenvalue weighted by atomic mass is 16.5. The summed E-state index contributed by atoms with van der Waals surface area (Å²) in [5.41, 5.74) is 5.33. The van der Waals surface area contributed by atoms with Crippen molar-refractivity contribution in [3.8, 4) is 0 Å². The van der Waals surface area contributed by atoms with Gasteiger partial charge in [-0.15, -0.1) is 0 Å².